The number of carbonyl (C=O) groups excluding carboxylic acids is 3. The zero-order valence-electron chi connectivity index (χ0n) is 24.6. The molecule has 13 heteroatoms. The number of anilines is 3. The Morgan fingerprint density at radius 1 is 1.14 bits per heavy atom. The number of para-hydroxylation sites is 1. The molecular formula is C31H34F4N6O3. The first kappa shape index (κ1) is 30.0. The van der Waals surface area contributed by atoms with Crippen molar-refractivity contribution in [2.75, 3.05) is 61.0 Å². The number of aryl methyl sites for hydroxylation is 1. The van der Waals surface area contributed by atoms with Crippen LogP contribution >= 0.6 is 0 Å². The van der Waals surface area contributed by atoms with E-state index in [4.69, 9.17) is 0 Å². The SMILES string of the molecule is C=CC(=O)N1CC(N2CC[C@H](CN3C[C@H]4CC(=O)N(c5cc(C(F)(F)F)cc(C)n5)[C@@H]4C(=O)N(C)c4cccc(F)c43)C2)C1. The molecule has 2 aromatic rings. The molecule has 3 saturated heterocycles. The molecule has 0 radical (unpaired) electrons. The highest BCUT2D eigenvalue weighted by molar-refractivity contribution is 6.10. The summed E-state index contributed by atoms with van der Waals surface area (Å²) in [5.41, 5.74) is -0.286. The van der Waals surface area contributed by atoms with E-state index < -0.39 is 41.3 Å². The third-order valence-electron chi connectivity index (χ3n) is 9.29. The van der Waals surface area contributed by atoms with Gasteiger partial charge in [0.15, 0.2) is 0 Å². The standard InChI is InChI=1S/C31H34F4N6O3/c1-4-26(42)39-16-22(17-39)38-9-8-19(13-38)14-40-15-20-11-27(43)41(25-12-21(31(33,34)35)10-18(2)36-25)28(20)30(44)37(3)24-7-5-6-23(32)29(24)40/h4-7,10,12,19-20,22,28H,1,8-9,11,13-17H2,2-3H3/t19-,20+,28-/m0/s1. The molecule has 3 amide bonds. The van der Waals surface area contributed by atoms with Crippen molar-refractivity contribution in [1.82, 2.24) is 14.8 Å². The number of nitrogens with zero attached hydrogens (tertiary/aromatic N) is 6. The third kappa shape index (κ3) is 5.31. The number of rotatable bonds is 5. The summed E-state index contributed by atoms with van der Waals surface area (Å²) in [7, 11) is 1.50. The van der Waals surface area contributed by atoms with Crippen LogP contribution in [0.2, 0.25) is 0 Å². The van der Waals surface area contributed by atoms with E-state index in [9.17, 15) is 27.6 Å². The van der Waals surface area contributed by atoms with Gasteiger partial charge >= 0.3 is 6.18 Å². The zero-order valence-corrected chi connectivity index (χ0v) is 24.6. The molecular weight excluding hydrogens is 580 g/mol. The number of halogens is 4. The predicted octanol–water partition coefficient (Wildman–Crippen LogP) is 3.47. The summed E-state index contributed by atoms with van der Waals surface area (Å²) >= 11 is 0. The predicted molar refractivity (Wildman–Crippen MR) is 156 cm³/mol. The molecule has 44 heavy (non-hydrogen) atoms. The Kier molecular flexibility index (Phi) is 7.63. The Hall–Kier alpha value is -4.00. The molecule has 4 aliphatic heterocycles. The van der Waals surface area contributed by atoms with Crippen LogP contribution in [0, 0.1) is 24.6 Å². The van der Waals surface area contributed by atoms with Crippen molar-refractivity contribution in [1.29, 1.82) is 0 Å². The Morgan fingerprint density at radius 3 is 2.59 bits per heavy atom. The van der Waals surface area contributed by atoms with Crippen molar-refractivity contribution in [2.45, 2.75) is 38.0 Å². The van der Waals surface area contributed by atoms with Gasteiger partial charge in [-0.25, -0.2) is 9.37 Å². The number of benzene rings is 1. The molecule has 0 unspecified atom stereocenters. The molecule has 3 atom stereocenters. The zero-order chi connectivity index (χ0) is 31.5. The van der Waals surface area contributed by atoms with Crippen LogP contribution in [0.25, 0.3) is 0 Å². The number of carbonyl (C=O) groups is 3. The topological polar surface area (TPSA) is 80.3 Å². The average molecular weight is 615 g/mol. The second kappa shape index (κ2) is 11.2. The maximum atomic E-state index is 15.6. The van der Waals surface area contributed by atoms with Gasteiger partial charge in [0, 0.05) is 63.8 Å². The van der Waals surface area contributed by atoms with Crippen LogP contribution in [0.4, 0.5) is 34.8 Å². The fourth-order valence-corrected chi connectivity index (χ4v) is 7.08. The van der Waals surface area contributed by atoms with Crippen LogP contribution in [-0.4, -0.2) is 90.9 Å². The summed E-state index contributed by atoms with van der Waals surface area (Å²) < 4.78 is 56.6. The number of likely N-dealkylation sites (tertiary alicyclic amines) is 2. The highest BCUT2D eigenvalue weighted by Gasteiger charge is 2.50. The lowest BCUT2D eigenvalue weighted by molar-refractivity contribution is -0.137. The normalized spacial score (nSPS) is 24.6. The Balaban J connectivity index is 1.29. The van der Waals surface area contributed by atoms with Crippen molar-refractivity contribution in [3.63, 3.8) is 0 Å². The van der Waals surface area contributed by atoms with Gasteiger partial charge in [-0.05, 0) is 56.1 Å². The smallest absolute Gasteiger partial charge is 0.367 e. The quantitative estimate of drug-likeness (QED) is 0.379. The minimum atomic E-state index is -4.66. The molecule has 0 bridgehead atoms. The van der Waals surface area contributed by atoms with Crippen molar-refractivity contribution in [2.24, 2.45) is 11.8 Å². The van der Waals surface area contributed by atoms with Gasteiger partial charge in [0.1, 0.15) is 17.7 Å². The van der Waals surface area contributed by atoms with Crippen LogP contribution in [0.1, 0.15) is 24.1 Å². The van der Waals surface area contributed by atoms with Crippen molar-refractivity contribution < 1.29 is 31.9 Å². The first-order valence-corrected chi connectivity index (χ1v) is 14.7. The summed E-state index contributed by atoms with van der Waals surface area (Å²) in [4.78, 5) is 51.9. The van der Waals surface area contributed by atoms with Gasteiger partial charge in [-0.2, -0.15) is 13.2 Å². The molecule has 0 N–H and O–H groups in total. The van der Waals surface area contributed by atoms with Gasteiger partial charge in [-0.15, -0.1) is 0 Å². The first-order chi connectivity index (χ1) is 20.8. The maximum Gasteiger partial charge on any atom is 0.416 e. The number of fused-ring (bicyclic) bond motifs is 2. The van der Waals surface area contributed by atoms with E-state index in [1.54, 1.807) is 11.0 Å². The van der Waals surface area contributed by atoms with E-state index in [-0.39, 0.29) is 48.0 Å². The molecule has 0 spiro atoms. The second-order valence-electron chi connectivity index (χ2n) is 12.2. The van der Waals surface area contributed by atoms with Crippen LogP contribution < -0.4 is 14.7 Å². The summed E-state index contributed by atoms with van der Waals surface area (Å²) in [6.45, 7) is 8.44. The Bertz CT molecular complexity index is 1510. The Labute approximate surface area is 252 Å². The molecule has 234 valence electrons. The highest BCUT2D eigenvalue weighted by atomic mass is 19.4. The van der Waals surface area contributed by atoms with Gasteiger partial charge in [-0.1, -0.05) is 12.6 Å². The molecule has 1 aromatic heterocycles. The average Bonchev–Trinajstić information content (AvgIpc) is 3.52. The molecule has 6 rings (SSSR count). The number of amides is 3. The summed E-state index contributed by atoms with van der Waals surface area (Å²) in [6, 6.07) is 5.33. The molecule has 9 nitrogen and oxygen atoms in total. The van der Waals surface area contributed by atoms with Crippen LogP contribution in [0.5, 0.6) is 0 Å². The van der Waals surface area contributed by atoms with Gasteiger partial charge in [0.25, 0.3) is 0 Å². The minimum Gasteiger partial charge on any atom is -0.367 e. The number of hydrogen-bond acceptors (Lipinski definition) is 6. The molecule has 0 aliphatic carbocycles. The van der Waals surface area contributed by atoms with Gasteiger partial charge in [0.2, 0.25) is 17.7 Å². The van der Waals surface area contributed by atoms with Crippen LogP contribution in [0.15, 0.2) is 43.0 Å². The fourth-order valence-electron chi connectivity index (χ4n) is 7.08. The molecule has 4 aliphatic rings. The largest absolute Gasteiger partial charge is 0.416 e. The van der Waals surface area contributed by atoms with Crippen molar-refractivity contribution >= 4 is 34.9 Å². The summed E-state index contributed by atoms with van der Waals surface area (Å²) in [5, 5.41) is 0. The lowest BCUT2D eigenvalue weighted by atomic mass is 9.94. The van der Waals surface area contributed by atoms with Crippen LogP contribution in [-0.2, 0) is 20.6 Å². The lowest BCUT2D eigenvalue weighted by Crippen LogP contribution is -2.60. The third-order valence-corrected chi connectivity index (χ3v) is 9.29. The molecule has 1 aromatic carbocycles. The number of alkyl halides is 3. The molecule has 3 fully saturated rings. The van der Waals surface area contributed by atoms with Crippen molar-refractivity contribution in [3.8, 4) is 0 Å². The minimum absolute atomic E-state index is 0.0704. The molecule has 0 saturated carbocycles. The first-order valence-electron chi connectivity index (χ1n) is 14.7. The highest BCUT2D eigenvalue weighted by Crippen LogP contribution is 2.42. The Morgan fingerprint density at radius 2 is 1.89 bits per heavy atom. The summed E-state index contributed by atoms with van der Waals surface area (Å²) in [6.07, 6.45) is -2.58. The van der Waals surface area contributed by atoms with E-state index >= 15 is 4.39 Å². The van der Waals surface area contributed by atoms with E-state index in [0.29, 0.717) is 25.3 Å². The number of aromatic nitrogens is 1. The monoisotopic (exact) mass is 614 g/mol. The van der Waals surface area contributed by atoms with E-state index in [1.807, 2.05) is 4.90 Å². The summed E-state index contributed by atoms with van der Waals surface area (Å²) in [5.74, 6) is -2.28. The van der Waals surface area contributed by atoms with Gasteiger partial charge in [-0.3, -0.25) is 24.2 Å². The lowest BCUT2D eigenvalue weighted by Gasteiger charge is -2.44. The number of likely N-dealkylation sites (N-methyl/N-ethyl adjacent to an activating group) is 1. The van der Waals surface area contributed by atoms with Crippen LogP contribution in [0.3, 0.4) is 0 Å². The van der Waals surface area contributed by atoms with E-state index in [2.05, 4.69) is 16.5 Å². The number of pyridine rings is 1. The van der Waals surface area contributed by atoms with E-state index in [1.165, 1.54) is 37.1 Å². The fraction of sp³-hybridized carbons (Fsp3) is 0.484. The second-order valence-corrected chi connectivity index (χ2v) is 12.2. The maximum absolute atomic E-state index is 15.6. The van der Waals surface area contributed by atoms with Crippen molar-refractivity contribution in [3.05, 3.63) is 60.1 Å². The van der Waals surface area contributed by atoms with Gasteiger partial charge in [0.05, 0.1) is 16.9 Å². The molecule has 5 heterocycles. The number of hydrogen-bond donors (Lipinski definition) is 0. The van der Waals surface area contributed by atoms with E-state index in [0.717, 1.165) is 36.5 Å². The van der Waals surface area contributed by atoms with Gasteiger partial charge < -0.3 is 14.7 Å².